The van der Waals surface area contributed by atoms with E-state index in [2.05, 4.69) is 33.8 Å². The van der Waals surface area contributed by atoms with Crippen molar-refractivity contribution >= 4 is 0 Å². The molecule has 0 saturated heterocycles. The van der Waals surface area contributed by atoms with Gasteiger partial charge in [0.15, 0.2) is 0 Å². The minimum absolute atomic E-state index is 0.172. The molecule has 2 nitrogen and oxygen atoms in total. The lowest BCUT2D eigenvalue weighted by atomic mass is 9.54. The van der Waals surface area contributed by atoms with Crippen LogP contribution in [0.5, 0.6) is 0 Å². The van der Waals surface area contributed by atoms with Gasteiger partial charge in [0, 0.05) is 0 Å². The Morgan fingerprint density at radius 2 is 1.70 bits per heavy atom. The van der Waals surface area contributed by atoms with E-state index in [1.54, 1.807) is 0 Å². The summed E-state index contributed by atoms with van der Waals surface area (Å²) >= 11 is 0. The van der Waals surface area contributed by atoms with Crippen molar-refractivity contribution in [1.82, 2.24) is 0 Å². The first-order valence-corrected chi connectivity index (χ1v) is 8.37. The fourth-order valence-electron chi connectivity index (χ4n) is 4.72. The Morgan fingerprint density at radius 3 is 2.15 bits per heavy atom. The van der Waals surface area contributed by atoms with E-state index >= 15 is 0 Å². The van der Waals surface area contributed by atoms with E-state index in [-0.39, 0.29) is 5.41 Å². The third-order valence-corrected chi connectivity index (χ3v) is 6.15. The van der Waals surface area contributed by atoms with E-state index in [0.717, 1.165) is 50.9 Å². The molecule has 0 bridgehead atoms. The van der Waals surface area contributed by atoms with Gasteiger partial charge in [-0.05, 0) is 62.2 Å². The molecule has 2 aliphatic rings. The molecule has 0 heterocycles. The highest BCUT2D eigenvalue weighted by atomic mass is 16.3. The van der Waals surface area contributed by atoms with Gasteiger partial charge in [-0.25, -0.2) is 0 Å². The third kappa shape index (κ3) is 2.75. The third-order valence-electron chi connectivity index (χ3n) is 6.15. The van der Waals surface area contributed by atoms with Crippen molar-refractivity contribution in [1.29, 1.82) is 5.26 Å². The van der Waals surface area contributed by atoms with Crippen LogP contribution in [0.15, 0.2) is 0 Å². The van der Waals surface area contributed by atoms with Crippen molar-refractivity contribution in [3.05, 3.63) is 0 Å². The van der Waals surface area contributed by atoms with Crippen LogP contribution in [-0.2, 0) is 0 Å². The SMILES string of the molecule is CC(C)C1CCC(C#N)(C2(O)CCCC(C)(C)C2)CC1. The number of nitrogens with zero attached hydrogens (tertiary/aromatic N) is 1. The normalized spacial score (nSPS) is 41.4. The number of nitriles is 1. The van der Waals surface area contributed by atoms with Crippen molar-refractivity contribution in [2.45, 2.75) is 84.7 Å². The molecule has 0 amide bonds. The fraction of sp³-hybridized carbons (Fsp3) is 0.944. The van der Waals surface area contributed by atoms with E-state index in [4.69, 9.17) is 0 Å². The molecule has 1 N–H and O–H groups in total. The second kappa shape index (κ2) is 5.34. The maximum Gasteiger partial charge on any atom is 0.0860 e. The number of aliphatic hydroxyl groups is 1. The predicted octanol–water partition coefficient (Wildman–Crippen LogP) is 4.67. The number of hydrogen-bond acceptors (Lipinski definition) is 2. The van der Waals surface area contributed by atoms with E-state index in [1.807, 2.05) is 0 Å². The van der Waals surface area contributed by atoms with Crippen LogP contribution in [0.2, 0.25) is 0 Å². The van der Waals surface area contributed by atoms with Crippen molar-refractivity contribution in [3.8, 4) is 6.07 Å². The van der Waals surface area contributed by atoms with Crippen molar-refractivity contribution < 1.29 is 5.11 Å². The van der Waals surface area contributed by atoms with Crippen molar-refractivity contribution in [2.75, 3.05) is 0 Å². The Hall–Kier alpha value is -0.550. The lowest BCUT2D eigenvalue weighted by Crippen LogP contribution is -2.53. The standard InChI is InChI=1S/C18H31NO/c1-14(2)15-6-10-17(13-19,11-7-15)18(20)9-5-8-16(3,4)12-18/h14-15,20H,5-12H2,1-4H3. The minimum atomic E-state index is -0.758. The van der Waals surface area contributed by atoms with Gasteiger partial charge < -0.3 is 5.11 Å². The summed E-state index contributed by atoms with van der Waals surface area (Å²) < 4.78 is 0. The lowest BCUT2D eigenvalue weighted by molar-refractivity contribution is -0.129. The molecule has 2 heteroatoms. The molecule has 0 aromatic heterocycles. The van der Waals surface area contributed by atoms with Crippen molar-refractivity contribution in [2.24, 2.45) is 22.7 Å². The predicted molar refractivity (Wildman–Crippen MR) is 82.0 cm³/mol. The van der Waals surface area contributed by atoms with Crippen molar-refractivity contribution in [3.63, 3.8) is 0 Å². The quantitative estimate of drug-likeness (QED) is 0.797. The van der Waals surface area contributed by atoms with Crippen LogP contribution in [-0.4, -0.2) is 10.7 Å². The van der Waals surface area contributed by atoms with Crippen LogP contribution in [0.1, 0.15) is 79.1 Å². The van der Waals surface area contributed by atoms with Gasteiger partial charge in [-0.3, -0.25) is 0 Å². The topological polar surface area (TPSA) is 44.0 Å². The van der Waals surface area contributed by atoms with Crippen LogP contribution < -0.4 is 0 Å². The van der Waals surface area contributed by atoms with Gasteiger partial charge >= 0.3 is 0 Å². The summed E-state index contributed by atoms with van der Waals surface area (Å²) in [4.78, 5) is 0. The number of hydrogen-bond donors (Lipinski definition) is 1. The van der Waals surface area contributed by atoms with E-state index in [0.29, 0.717) is 5.92 Å². The maximum absolute atomic E-state index is 11.3. The highest BCUT2D eigenvalue weighted by molar-refractivity contribution is 5.15. The molecule has 2 saturated carbocycles. The summed E-state index contributed by atoms with van der Waals surface area (Å²) in [6, 6.07) is 2.57. The Balaban J connectivity index is 2.18. The van der Waals surface area contributed by atoms with Gasteiger partial charge in [0.05, 0.1) is 17.1 Å². The zero-order chi connectivity index (χ0) is 15.0. The largest absolute Gasteiger partial charge is 0.388 e. The van der Waals surface area contributed by atoms with Gasteiger partial charge in [0.2, 0.25) is 0 Å². The Bertz CT molecular complexity index is 385. The molecular weight excluding hydrogens is 246 g/mol. The molecule has 0 radical (unpaired) electrons. The second-order valence-corrected chi connectivity index (χ2v) is 8.50. The molecular formula is C18H31NO. The van der Waals surface area contributed by atoms with Gasteiger partial charge in [-0.1, -0.05) is 34.1 Å². The van der Waals surface area contributed by atoms with E-state index < -0.39 is 11.0 Å². The Labute approximate surface area is 124 Å². The van der Waals surface area contributed by atoms with E-state index in [9.17, 15) is 10.4 Å². The molecule has 0 aromatic rings. The summed E-state index contributed by atoms with van der Waals surface area (Å²) in [7, 11) is 0. The lowest BCUT2D eigenvalue weighted by Gasteiger charge is -2.52. The molecule has 2 aliphatic carbocycles. The monoisotopic (exact) mass is 277 g/mol. The molecule has 2 fully saturated rings. The summed E-state index contributed by atoms with van der Waals surface area (Å²) in [5, 5.41) is 21.1. The summed E-state index contributed by atoms with van der Waals surface area (Å²) in [6.45, 7) is 9.04. The average molecular weight is 277 g/mol. The van der Waals surface area contributed by atoms with Crippen LogP contribution >= 0.6 is 0 Å². The number of rotatable bonds is 2. The molecule has 0 aromatic carbocycles. The van der Waals surface area contributed by atoms with Gasteiger partial charge in [0.1, 0.15) is 0 Å². The summed E-state index contributed by atoms with van der Waals surface area (Å²) in [5.41, 5.74) is -1.08. The second-order valence-electron chi connectivity index (χ2n) is 8.50. The van der Waals surface area contributed by atoms with E-state index in [1.165, 1.54) is 6.42 Å². The van der Waals surface area contributed by atoms with Crippen LogP contribution in [0.4, 0.5) is 0 Å². The van der Waals surface area contributed by atoms with Gasteiger partial charge in [-0.15, -0.1) is 0 Å². The average Bonchev–Trinajstić information content (AvgIpc) is 2.37. The first-order chi connectivity index (χ1) is 9.24. The zero-order valence-electron chi connectivity index (χ0n) is 13.7. The molecule has 2 rings (SSSR count). The molecule has 0 aliphatic heterocycles. The molecule has 1 atom stereocenters. The Kier molecular flexibility index (Phi) is 4.22. The Morgan fingerprint density at radius 1 is 1.10 bits per heavy atom. The maximum atomic E-state index is 11.3. The first kappa shape index (κ1) is 15.8. The zero-order valence-corrected chi connectivity index (χ0v) is 13.7. The highest BCUT2D eigenvalue weighted by Crippen LogP contribution is 2.55. The van der Waals surface area contributed by atoms with Gasteiger partial charge in [0.25, 0.3) is 0 Å². The molecule has 20 heavy (non-hydrogen) atoms. The fourth-order valence-corrected chi connectivity index (χ4v) is 4.72. The molecule has 114 valence electrons. The van der Waals surface area contributed by atoms with Crippen LogP contribution in [0, 0.1) is 34.0 Å². The molecule has 0 spiro atoms. The first-order valence-electron chi connectivity index (χ1n) is 8.37. The molecule has 1 unspecified atom stereocenters. The van der Waals surface area contributed by atoms with Crippen LogP contribution in [0.25, 0.3) is 0 Å². The smallest absolute Gasteiger partial charge is 0.0860 e. The summed E-state index contributed by atoms with van der Waals surface area (Å²) in [5.74, 6) is 1.43. The summed E-state index contributed by atoms with van der Waals surface area (Å²) in [6.07, 6.45) is 7.82. The minimum Gasteiger partial charge on any atom is -0.388 e. The van der Waals surface area contributed by atoms with Gasteiger partial charge in [-0.2, -0.15) is 5.26 Å². The van der Waals surface area contributed by atoms with Crippen LogP contribution in [0.3, 0.4) is 0 Å². The highest BCUT2D eigenvalue weighted by Gasteiger charge is 2.55.